The van der Waals surface area contributed by atoms with Crippen molar-refractivity contribution in [2.45, 2.75) is 51.8 Å². The van der Waals surface area contributed by atoms with Gasteiger partial charge in [-0.1, -0.05) is 23.5 Å². The molecule has 0 aliphatic heterocycles. The Labute approximate surface area is 246 Å². The molecule has 4 aromatic rings. The fraction of sp³-hybridized carbons (Fsp3) is 0.308. The number of hydrogen-bond acceptors (Lipinski definition) is 10. The van der Waals surface area contributed by atoms with E-state index in [1.165, 1.54) is 29.8 Å². The van der Waals surface area contributed by atoms with Gasteiger partial charge in [0.25, 0.3) is 5.97 Å². The summed E-state index contributed by atoms with van der Waals surface area (Å²) in [5.41, 5.74) is 1.81. The summed E-state index contributed by atoms with van der Waals surface area (Å²) >= 11 is 1.33. The first-order valence-corrected chi connectivity index (χ1v) is 13.5. The number of unbranched alkanes of at least 4 members (excludes halogenated alkanes) is 1. The number of aromatic amines is 1. The number of hydrogen-bond donors (Lipinski definition) is 4. The van der Waals surface area contributed by atoms with Gasteiger partial charge in [0.1, 0.15) is 10.8 Å². The van der Waals surface area contributed by atoms with E-state index in [1.54, 1.807) is 18.3 Å². The lowest BCUT2D eigenvalue weighted by atomic mass is 10.1. The lowest BCUT2D eigenvalue weighted by Crippen LogP contribution is -2.18. The number of aryl methyl sites for hydroxylation is 2. The third kappa shape index (κ3) is 13.1. The normalized spacial score (nSPS) is 10.8. The fourth-order valence-corrected chi connectivity index (χ4v) is 4.29. The maximum Gasteiger partial charge on any atom is 0.573 e. The van der Waals surface area contributed by atoms with Crippen LogP contribution in [-0.2, 0) is 40.1 Å². The number of nitrogens with zero attached hydrogens (tertiary/aromatic N) is 5. The third-order valence-corrected chi connectivity index (χ3v) is 6.08. The number of ether oxygens (including phenoxy) is 1. The van der Waals surface area contributed by atoms with E-state index >= 15 is 0 Å². The number of benzene rings is 1. The second-order valence-electron chi connectivity index (χ2n) is 8.86. The van der Waals surface area contributed by atoms with E-state index < -0.39 is 24.0 Å². The molecule has 0 saturated heterocycles. The Kier molecular flexibility index (Phi) is 12.1. The molecule has 0 aliphatic carbocycles. The van der Waals surface area contributed by atoms with E-state index in [-0.39, 0.29) is 24.6 Å². The maximum absolute atomic E-state index is 12.4. The number of amides is 2. The molecule has 0 unspecified atom stereocenters. The van der Waals surface area contributed by atoms with Crippen molar-refractivity contribution < 1.29 is 37.4 Å². The van der Waals surface area contributed by atoms with Crippen LogP contribution >= 0.6 is 11.3 Å². The average molecular weight is 621 g/mol. The highest BCUT2D eigenvalue weighted by Gasteiger charge is 2.31. The largest absolute Gasteiger partial charge is 0.573 e. The minimum atomic E-state index is -4.81. The van der Waals surface area contributed by atoms with E-state index in [1.807, 2.05) is 0 Å². The maximum atomic E-state index is 12.4. The first-order chi connectivity index (χ1) is 20.4. The van der Waals surface area contributed by atoms with Crippen LogP contribution in [0.5, 0.6) is 5.75 Å². The smallest absolute Gasteiger partial charge is 0.481 e. The minimum Gasteiger partial charge on any atom is -0.481 e. The average Bonchev–Trinajstić information content (AvgIpc) is 3.58. The van der Waals surface area contributed by atoms with Gasteiger partial charge in [-0.2, -0.15) is 5.10 Å². The molecule has 0 saturated carbocycles. The molecule has 3 aromatic heterocycles. The van der Waals surface area contributed by atoms with Gasteiger partial charge in [0.15, 0.2) is 5.82 Å². The Morgan fingerprint density at radius 3 is 2.40 bits per heavy atom. The molecule has 17 heteroatoms. The molecule has 3 heterocycles. The third-order valence-electron chi connectivity index (χ3n) is 5.18. The predicted molar refractivity (Wildman–Crippen MR) is 148 cm³/mol. The van der Waals surface area contributed by atoms with E-state index in [0.29, 0.717) is 29.2 Å². The molecule has 2 amide bonds. The van der Waals surface area contributed by atoms with Crippen molar-refractivity contribution in [3.05, 3.63) is 70.9 Å². The summed E-state index contributed by atoms with van der Waals surface area (Å²) in [6, 6.07) is 8.59. The number of carboxylic acids is 1. The summed E-state index contributed by atoms with van der Waals surface area (Å²) in [7, 11) is 0. The number of carbonyl (C=O) groups excluding carboxylic acids is 2. The highest BCUT2D eigenvalue weighted by atomic mass is 32.1. The number of alkyl halides is 3. The summed E-state index contributed by atoms with van der Waals surface area (Å²) in [4.78, 5) is 40.0. The lowest BCUT2D eigenvalue weighted by Gasteiger charge is -2.10. The second-order valence-corrected chi connectivity index (χ2v) is 9.92. The van der Waals surface area contributed by atoms with Crippen molar-refractivity contribution in [2.75, 3.05) is 10.6 Å². The number of anilines is 2. The molecule has 228 valence electrons. The Bertz CT molecular complexity index is 1480. The Morgan fingerprint density at radius 2 is 1.72 bits per heavy atom. The minimum absolute atomic E-state index is 0.153. The van der Waals surface area contributed by atoms with Crippen LogP contribution in [0.15, 0.2) is 48.9 Å². The summed E-state index contributed by atoms with van der Waals surface area (Å²) in [5.74, 6) is -1.64. The lowest BCUT2D eigenvalue weighted by molar-refractivity contribution is -0.274. The van der Waals surface area contributed by atoms with Gasteiger partial charge in [0.05, 0.1) is 24.9 Å². The number of carboxylic acid groups (broad SMARTS) is 1. The van der Waals surface area contributed by atoms with Gasteiger partial charge >= 0.3 is 6.36 Å². The molecule has 0 spiro atoms. The van der Waals surface area contributed by atoms with E-state index in [2.05, 4.69) is 45.7 Å². The van der Waals surface area contributed by atoms with Crippen LogP contribution in [-0.4, -0.2) is 59.6 Å². The standard InChI is InChI=1S/C24H23F3N8O3S.C2H4O2/c25-24(26,27)38-18-6-3-4-15(10-18)11-20(36)30-19-9-8-16(32-33-19)5-1-2-7-22-34-35-23(39-22)31-21(37)12-17-13-28-14-29-17;1-2(3)4/h3-4,6,8-10,13-14H,1-2,5,7,11-12H2,(H,28,29)(H,30,33,36)(H,31,35,37);1H3,(H,3,4). The zero-order valence-electron chi connectivity index (χ0n) is 22.7. The van der Waals surface area contributed by atoms with Crippen LogP contribution in [0.25, 0.3) is 0 Å². The molecule has 1 aromatic carbocycles. The first-order valence-electron chi connectivity index (χ1n) is 12.7. The second kappa shape index (κ2) is 15.9. The molecule has 4 N–H and O–H groups in total. The number of nitrogens with one attached hydrogen (secondary N) is 3. The van der Waals surface area contributed by atoms with Crippen LogP contribution in [0.2, 0.25) is 0 Å². The van der Waals surface area contributed by atoms with Gasteiger partial charge in [-0.05, 0) is 49.1 Å². The molecule has 0 atom stereocenters. The predicted octanol–water partition coefficient (Wildman–Crippen LogP) is 3.97. The van der Waals surface area contributed by atoms with Crippen molar-refractivity contribution in [3.63, 3.8) is 0 Å². The van der Waals surface area contributed by atoms with Crippen LogP contribution in [0.4, 0.5) is 24.1 Å². The molecule has 4 rings (SSSR count). The Hall–Kier alpha value is -4.93. The van der Waals surface area contributed by atoms with E-state index in [4.69, 9.17) is 9.90 Å². The first kappa shape index (κ1) is 32.6. The monoisotopic (exact) mass is 620 g/mol. The summed E-state index contributed by atoms with van der Waals surface area (Å²) in [5, 5.41) is 30.2. The number of aromatic nitrogens is 6. The van der Waals surface area contributed by atoms with Crippen LogP contribution in [0.3, 0.4) is 0 Å². The zero-order valence-corrected chi connectivity index (χ0v) is 23.5. The topological polar surface area (TPSA) is 185 Å². The van der Waals surface area contributed by atoms with E-state index in [0.717, 1.165) is 42.6 Å². The SMILES string of the molecule is CC(=O)O.O=C(Cc1cccc(OC(F)(F)F)c1)Nc1ccc(CCCCc2nnc(NC(=O)Cc3cnc[nH]3)s2)nn1. The van der Waals surface area contributed by atoms with Gasteiger partial charge in [-0.25, -0.2) is 4.98 Å². The zero-order chi connectivity index (χ0) is 31.2. The number of aliphatic carboxylic acids is 1. The van der Waals surface area contributed by atoms with Crippen molar-refractivity contribution >= 4 is 40.1 Å². The van der Waals surface area contributed by atoms with Crippen LogP contribution in [0.1, 0.15) is 41.7 Å². The molecule has 0 aliphatic rings. The van der Waals surface area contributed by atoms with Gasteiger partial charge in [-0.15, -0.1) is 28.5 Å². The van der Waals surface area contributed by atoms with Crippen molar-refractivity contribution in [1.82, 2.24) is 30.4 Å². The molecule has 0 fully saturated rings. The summed E-state index contributed by atoms with van der Waals surface area (Å²) < 4.78 is 41.0. The molecular formula is C26H27F3N8O5S. The van der Waals surface area contributed by atoms with Crippen molar-refractivity contribution in [2.24, 2.45) is 0 Å². The number of halogens is 3. The van der Waals surface area contributed by atoms with Gasteiger partial charge in [0, 0.05) is 25.2 Å². The number of H-pyrrole nitrogens is 1. The summed E-state index contributed by atoms with van der Waals surface area (Å²) in [6.45, 7) is 1.08. The molecule has 0 bridgehead atoms. The van der Waals surface area contributed by atoms with Gasteiger partial charge in [-0.3, -0.25) is 14.4 Å². The molecule has 43 heavy (non-hydrogen) atoms. The highest BCUT2D eigenvalue weighted by Crippen LogP contribution is 2.23. The van der Waals surface area contributed by atoms with Gasteiger partial charge in [0.2, 0.25) is 16.9 Å². The van der Waals surface area contributed by atoms with Gasteiger partial charge < -0.3 is 25.5 Å². The van der Waals surface area contributed by atoms with Crippen molar-refractivity contribution in [3.8, 4) is 5.75 Å². The Balaban J connectivity index is 0.00000119. The number of carbonyl (C=O) groups is 3. The summed E-state index contributed by atoms with van der Waals surface area (Å²) in [6.07, 6.45) is 1.32. The van der Waals surface area contributed by atoms with E-state index in [9.17, 15) is 22.8 Å². The quantitative estimate of drug-likeness (QED) is 0.169. The van der Waals surface area contributed by atoms with Crippen LogP contribution in [0, 0.1) is 0 Å². The molecule has 13 nitrogen and oxygen atoms in total. The van der Waals surface area contributed by atoms with Crippen molar-refractivity contribution in [1.29, 1.82) is 0 Å². The van der Waals surface area contributed by atoms with Crippen LogP contribution < -0.4 is 15.4 Å². The highest BCUT2D eigenvalue weighted by molar-refractivity contribution is 7.15. The molecule has 0 radical (unpaired) electrons. The number of imidazole rings is 1. The number of rotatable bonds is 12. The Morgan fingerprint density at radius 1 is 0.977 bits per heavy atom. The fourth-order valence-electron chi connectivity index (χ4n) is 3.49. The molecular weight excluding hydrogens is 593 g/mol.